The van der Waals surface area contributed by atoms with E-state index in [-0.39, 0.29) is 52.7 Å². The Bertz CT molecular complexity index is 3740. The molecule has 4 bridgehead atoms. The summed E-state index contributed by atoms with van der Waals surface area (Å²) in [7, 11) is 1.48. The number of nitrogens with zero attached hydrogens (tertiary/aromatic N) is 4. The van der Waals surface area contributed by atoms with Crippen molar-refractivity contribution < 1.29 is 47.8 Å². The first-order chi connectivity index (χ1) is 39.7. The number of amides is 8. The Balaban J connectivity index is 0.000000169. The zero-order valence-electron chi connectivity index (χ0n) is 47.3. The van der Waals surface area contributed by atoms with Gasteiger partial charge in [-0.1, -0.05) is 105 Å². The Morgan fingerprint density at radius 3 is 0.976 bits per heavy atom. The van der Waals surface area contributed by atoms with E-state index in [2.05, 4.69) is 52.8 Å². The van der Waals surface area contributed by atoms with Crippen molar-refractivity contribution in [2.24, 2.45) is 71.0 Å². The van der Waals surface area contributed by atoms with E-state index < -0.39 is 71.0 Å². The van der Waals surface area contributed by atoms with Crippen molar-refractivity contribution in [2.45, 2.75) is 53.9 Å². The third-order valence-corrected chi connectivity index (χ3v) is 18.8. The largest absolute Gasteiger partial charge is 0.457 e. The van der Waals surface area contributed by atoms with Gasteiger partial charge in [0.25, 0.3) is 0 Å². The minimum Gasteiger partial charge on any atom is -0.457 e. The molecule has 418 valence electrons. The lowest BCUT2D eigenvalue weighted by Gasteiger charge is -2.44. The summed E-state index contributed by atoms with van der Waals surface area (Å²) in [4.78, 5) is 114. The van der Waals surface area contributed by atoms with Crippen LogP contribution in [-0.4, -0.2) is 59.2 Å². The fourth-order valence-electron chi connectivity index (χ4n) is 14.8. The highest BCUT2D eigenvalue weighted by Gasteiger charge is 2.70. The number of ether oxygens (including phenoxy) is 2. The molecule has 12 atom stereocenters. The molecule has 0 aromatic heterocycles. The Morgan fingerprint density at radius 2 is 0.627 bits per heavy atom. The lowest BCUT2D eigenvalue weighted by atomic mass is 9.54. The van der Waals surface area contributed by atoms with Crippen molar-refractivity contribution in [1.29, 1.82) is 0 Å². The van der Waals surface area contributed by atoms with Gasteiger partial charge in [0.1, 0.15) is 23.0 Å². The zero-order chi connectivity index (χ0) is 58.2. The van der Waals surface area contributed by atoms with Crippen LogP contribution in [0.1, 0.15) is 48.6 Å². The highest BCUT2D eigenvalue weighted by atomic mass is 16.5. The van der Waals surface area contributed by atoms with Crippen molar-refractivity contribution in [2.75, 3.05) is 21.7 Å². The topological polar surface area (TPSA) is 168 Å². The van der Waals surface area contributed by atoms with Crippen LogP contribution < -0.4 is 24.2 Å². The molecule has 14 heteroatoms. The number of imide groups is 4. The number of benzene rings is 6. The molecule has 0 N–H and O–H groups in total. The summed E-state index contributed by atoms with van der Waals surface area (Å²) in [6.45, 7) is 14.6. The molecule has 16 rings (SSSR count). The lowest BCUT2D eigenvalue weighted by Crippen LogP contribution is -2.50. The number of allylic oxidation sites excluding steroid dienone is 4. The van der Waals surface area contributed by atoms with Crippen LogP contribution in [0.4, 0.5) is 17.1 Å². The average Bonchev–Trinajstić information content (AvgIpc) is 1.71. The first-order valence-electron chi connectivity index (χ1n) is 28.4. The molecule has 6 aromatic carbocycles. The van der Waals surface area contributed by atoms with Gasteiger partial charge < -0.3 is 9.47 Å². The molecule has 0 radical (unpaired) electrons. The maximum Gasteiger partial charge on any atom is 0.238 e. The number of anilines is 3. The average molecular weight is 1110 g/mol. The summed E-state index contributed by atoms with van der Waals surface area (Å²) in [5, 5.41) is 0. The van der Waals surface area contributed by atoms with Crippen LogP contribution >= 0.6 is 0 Å². The molecule has 2 saturated carbocycles. The third-order valence-electron chi connectivity index (χ3n) is 18.8. The van der Waals surface area contributed by atoms with Gasteiger partial charge in [0.15, 0.2) is 0 Å². The van der Waals surface area contributed by atoms with Crippen LogP contribution in [0.3, 0.4) is 0 Å². The quantitative estimate of drug-likeness (QED) is 0.106. The molecule has 14 nitrogen and oxygen atoms in total. The second-order valence-electron chi connectivity index (χ2n) is 24.7. The minimum absolute atomic E-state index is 0.0345. The van der Waals surface area contributed by atoms with Gasteiger partial charge in [0, 0.05) is 30.7 Å². The van der Waals surface area contributed by atoms with Crippen LogP contribution in [0, 0.1) is 98.7 Å². The molecule has 4 aliphatic heterocycles. The Morgan fingerprint density at radius 1 is 0.337 bits per heavy atom. The summed E-state index contributed by atoms with van der Waals surface area (Å²) < 4.78 is 11.9. The number of rotatable bonds is 8. The van der Waals surface area contributed by atoms with E-state index in [1.807, 2.05) is 105 Å². The molecule has 12 unspecified atom stereocenters. The molecule has 4 saturated heterocycles. The van der Waals surface area contributed by atoms with Gasteiger partial charge in [-0.25, -0.2) is 0 Å². The summed E-state index contributed by atoms with van der Waals surface area (Å²) in [6.07, 6.45) is 7.52. The van der Waals surface area contributed by atoms with Crippen molar-refractivity contribution in [1.82, 2.24) is 4.90 Å². The zero-order valence-corrected chi connectivity index (χ0v) is 47.3. The van der Waals surface area contributed by atoms with E-state index in [0.717, 1.165) is 32.7 Å². The Hall–Kier alpha value is -9.04. The van der Waals surface area contributed by atoms with Crippen molar-refractivity contribution in [3.63, 3.8) is 0 Å². The highest BCUT2D eigenvalue weighted by Crippen LogP contribution is 2.60. The molecule has 4 heterocycles. The number of hydrogen-bond donors (Lipinski definition) is 0. The lowest BCUT2D eigenvalue weighted by molar-refractivity contribution is -0.138. The predicted octanol–water partition coefficient (Wildman–Crippen LogP) is 11.0. The van der Waals surface area contributed by atoms with Crippen molar-refractivity contribution in [3.05, 3.63) is 186 Å². The molecule has 8 amide bonds. The van der Waals surface area contributed by atoms with Crippen molar-refractivity contribution in [3.8, 4) is 34.1 Å². The van der Waals surface area contributed by atoms with Gasteiger partial charge in [0.05, 0.1) is 64.4 Å². The second-order valence-corrected chi connectivity index (χ2v) is 24.7. The first kappa shape index (κ1) is 53.3. The van der Waals surface area contributed by atoms with Gasteiger partial charge in [-0.3, -0.25) is 58.0 Å². The molecular weight excluding hydrogens is 1040 g/mol. The monoisotopic (exact) mass is 1110 g/mol. The van der Waals surface area contributed by atoms with Crippen LogP contribution in [0.2, 0.25) is 0 Å². The minimum atomic E-state index is -0.693. The summed E-state index contributed by atoms with van der Waals surface area (Å²) >= 11 is 0. The second kappa shape index (κ2) is 19.6. The van der Waals surface area contributed by atoms with E-state index in [9.17, 15) is 38.4 Å². The van der Waals surface area contributed by atoms with Crippen LogP contribution in [0.5, 0.6) is 23.0 Å². The number of hydrogen-bond acceptors (Lipinski definition) is 10. The van der Waals surface area contributed by atoms with Gasteiger partial charge in [0.2, 0.25) is 47.3 Å². The number of aryl methyl sites for hydroxylation is 4. The molecular formula is C69H62N4O10. The van der Waals surface area contributed by atoms with E-state index >= 15 is 0 Å². The predicted molar refractivity (Wildman–Crippen MR) is 311 cm³/mol. The smallest absolute Gasteiger partial charge is 0.238 e. The summed E-state index contributed by atoms with van der Waals surface area (Å²) in [5.74, 6) is -6.81. The normalized spacial score (nSPS) is 28.0. The van der Waals surface area contributed by atoms with E-state index in [1.54, 1.807) is 48.5 Å². The highest BCUT2D eigenvalue weighted by molar-refractivity contribution is 6.27. The number of carbonyl (C=O) groups is 8. The number of likely N-dealkylation sites (tertiary alicyclic amines) is 1. The summed E-state index contributed by atoms with van der Waals surface area (Å²) in [6, 6.07) is 41.4. The molecule has 6 aromatic rings. The molecule has 0 spiro atoms. The fourth-order valence-corrected chi connectivity index (χ4v) is 14.8. The van der Waals surface area contributed by atoms with Crippen molar-refractivity contribution >= 4 is 64.3 Å². The number of carbonyl (C=O) groups excluding carboxylic acids is 8. The molecule has 6 fully saturated rings. The fraction of sp³-hybridized carbons (Fsp3) is 0.304. The molecule has 6 aliphatic carbocycles. The van der Waals surface area contributed by atoms with Crippen LogP contribution in [0.25, 0.3) is 11.1 Å². The maximum absolute atomic E-state index is 14.1. The van der Waals surface area contributed by atoms with Gasteiger partial charge in [-0.15, -0.1) is 0 Å². The standard InChI is InChI=1S/C43H40N2O5.C26H22N2O5/c1-23-7-17-31(24(2)21-23)32-18-12-28(22-25(32)3)45-41(48)37-33-19-20-34(38(37)42(45)49)36-35(33)39(46)44(40(36)47)27-10-15-30(16-11-27)50-29-13-8-26(9-14-29)43(4,5)6;1-13-3-7-15(8-4-13)33-16-9-5-14(6-10-16)28-25(31)21-17-11-12-18(22(21)26(28)32)20-19(17)23(29)27(2)24(20)30/h7-22,33-38H,1-6H3;3-12,17-22H,1-2H3. The Kier molecular flexibility index (Phi) is 12.6. The summed E-state index contributed by atoms with van der Waals surface area (Å²) in [5.41, 5.74) is 9.27. The Labute approximate surface area is 481 Å². The maximum atomic E-state index is 14.1. The van der Waals surface area contributed by atoms with Gasteiger partial charge >= 0.3 is 0 Å². The van der Waals surface area contributed by atoms with Gasteiger partial charge in [-0.05, 0) is 146 Å². The molecule has 10 aliphatic rings. The third kappa shape index (κ3) is 8.41. The van der Waals surface area contributed by atoms with Crippen LogP contribution in [-0.2, 0) is 43.8 Å². The molecule has 83 heavy (non-hydrogen) atoms. The first-order valence-corrected chi connectivity index (χ1v) is 28.4. The van der Waals surface area contributed by atoms with E-state index in [4.69, 9.17) is 9.47 Å². The SMILES string of the molecule is Cc1ccc(-c2ccc(N3C(=O)C4C5C=CC(C6C(=O)N(c7ccc(Oc8ccc(C(C)(C)C)cc8)cc7)C(=O)C56)C4C3=O)cc2C)c(C)c1.Cc1ccc(Oc2ccc(N3C(=O)C4C5C=CC(C6C(=O)N(C)C(=O)C56)C4C3=O)cc2)cc1. The van der Waals surface area contributed by atoms with Crippen LogP contribution in [0.15, 0.2) is 158 Å². The van der Waals surface area contributed by atoms with Gasteiger partial charge in [-0.2, -0.15) is 0 Å². The van der Waals surface area contributed by atoms with E-state index in [1.165, 1.54) is 32.9 Å². The van der Waals surface area contributed by atoms with E-state index in [0.29, 0.717) is 40.1 Å².